The summed E-state index contributed by atoms with van der Waals surface area (Å²) in [5.41, 5.74) is 6.17. The molecule has 0 atom stereocenters. The topological polar surface area (TPSA) is 92.1 Å². The molecule has 6 heteroatoms. The highest BCUT2D eigenvalue weighted by Crippen LogP contribution is 2.12. The van der Waals surface area contributed by atoms with Gasteiger partial charge in [-0.2, -0.15) is 0 Å². The SMILES string of the molecule is CCN(CC/C(N)=N/O)C(=O)c1occc1C. The molecule has 1 aromatic rings. The van der Waals surface area contributed by atoms with Gasteiger partial charge in [0, 0.05) is 25.1 Å². The molecule has 3 N–H and O–H groups in total. The number of nitrogens with two attached hydrogens (primary N) is 1. The zero-order chi connectivity index (χ0) is 12.8. The second-order valence-electron chi connectivity index (χ2n) is 3.66. The first kappa shape index (κ1) is 13.1. The third-order valence-electron chi connectivity index (χ3n) is 2.49. The lowest BCUT2D eigenvalue weighted by atomic mass is 10.2. The molecule has 0 aromatic carbocycles. The van der Waals surface area contributed by atoms with Crippen LogP contribution >= 0.6 is 0 Å². The molecule has 0 unspecified atom stereocenters. The van der Waals surface area contributed by atoms with Crippen LogP contribution in [-0.4, -0.2) is 34.9 Å². The van der Waals surface area contributed by atoms with Crippen molar-refractivity contribution in [1.82, 2.24) is 4.90 Å². The van der Waals surface area contributed by atoms with E-state index in [1.165, 1.54) is 6.26 Å². The van der Waals surface area contributed by atoms with Crippen LogP contribution in [0.1, 0.15) is 29.5 Å². The minimum Gasteiger partial charge on any atom is -0.459 e. The van der Waals surface area contributed by atoms with E-state index < -0.39 is 0 Å². The maximum atomic E-state index is 12.0. The smallest absolute Gasteiger partial charge is 0.289 e. The van der Waals surface area contributed by atoms with Crippen molar-refractivity contribution in [2.75, 3.05) is 13.1 Å². The van der Waals surface area contributed by atoms with Gasteiger partial charge >= 0.3 is 0 Å². The average molecular weight is 239 g/mol. The Morgan fingerprint density at radius 2 is 2.35 bits per heavy atom. The summed E-state index contributed by atoms with van der Waals surface area (Å²) in [6.07, 6.45) is 1.82. The van der Waals surface area contributed by atoms with Crippen molar-refractivity contribution in [3.8, 4) is 0 Å². The van der Waals surface area contributed by atoms with E-state index in [4.69, 9.17) is 15.4 Å². The molecule has 94 valence electrons. The Labute approximate surface area is 99.7 Å². The first-order chi connectivity index (χ1) is 8.10. The summed E-state index contributed by atoms with van der Waals surface area (Å²) in [6.45, 7) is 4.61. The average Bonchev–Trinajstić information content (AvgIpc) is 2.75. The highest BCUT2D eigenvalue weighted by atomic mass is 16.4. The van der Waals surface area contributed by atoms with Crippen molar-refractivity contribution in [2.24, 2.45) is 10.9 Å². The summed E-state index contributed by atoms with van der Waals surface area (Å²) in [5.74, 6) is 0.263. The number of hydrogen-bond donors (Lipinski definition) is 2. The standard InChI is InChI=1S/C11H17N3O3/c1-3-14(6-4-9(12)13-16)11(15)10-8(2)5-7-17-10/h5,7,16H,3-4,6H2,1-2H3,(H2,12,13). The van der Waals surface area contributed by atoms with Gasteiger partial charge in [0.05, 0.1) is 6.26 Å². The van der Waals surface area contributed by atoms with Gasteiger partial charge in [-0.25, -0.2) is 0 Å². The number of amidine groups is 1. The Kier molecular flexibility index (Phi) is 4.56. The lowest BCUT2D eigenvalue weighted by molar-refractivity contribution is 0.0735. The molecule has 0 aliphatic heterocycles. The van der Waals surface area contributed by atoms with Crippen molar-refractivity contribution in [3.05, 3.63) is 23.7 Å². The lowest BCUT2D eigenvalue weighted by Crippen LogP contribution is -2.34. The van der Waals surface area contributed by atoms with E-state index in [0.29, 0.717) is 25.3 Å². The van der Waals surface area contributed by atoms with Gasteiger partial charge in [-0.05, 0) is 19.9 Å². The molecule has 0 aliphatic rings. The van der Waals surface area contributed by atoms with Crippen LogP contribution in [0.4, 0.5) is 0 Å². The van der Waals surface area contributed by atoms with E-state index in [2.05, 4.69) is 5.16 Å². The van der Waals surface area contributed by atoms with E-state index in [0.717, 1.165) is 5.56 Å². The molecule has 1 amide bonds. The van der Waals surface area contributed by atoms with E-state index >= 15 is 0 Å². The molecule has 1 aromatic heterocycles. The van der Waals surface area contributed by atoms with Gasteiger partial charge in [-0.3, -0.25) is 4.79 Å². The van der Waals surface area contributed by atoms with E-state index in [-0.39, 0.29) is 11.7 Å². The molecular weight excluding hydrogens is 222 g/mol. The third kappa shape index (κ3) is 3.24. The number of furan rings is 1. The molecule has 0 fully saturated rings. The van der Waals surface area contributed by atoms with Crippen molar-refractivity contribution < 1.29 is 14.4 Å². The fourth-order valence-corrected chi connectivity index (χ4v) is 1.44. The molecule has 1 rings (SSSR count). The Morgan fingerprint density at radius 1 is 1.65 bits per heavy atom. The summed E-state index contributed by atoms with van der Waals surface area (Å²) in [6, 6.07) is 1.74. The second kappa shape index (κ2) is 5.93. The lowest BCUT2D eigenvalue weighted by Gasteiger charge is -2.19. The van der Waals surface area contributed by atoms with Crippen LogP contribution < -0.4 is 5.73 Å². The Bertz CT molecular complexity index is 412. The van der Waals surface area contributed by atoms with Gasteiger partial charge in [0.15, 0.2) is 5.76 Å². The minimum atomic E-state index is -0.180. The highest BCUT2D eigenvalue weighted by Gasteiger charge is 2.19. The molecule has 6 nitrogen and oxygen atoms in total. The maximum Gasteiger partial charge on any atom is 0.289 e. The van der Waals surface area contributed by atoms with E-state index in [1.54, 1.807) is 11.0 Å². The number of carbonyl (C=O) groups excluding carboxylic acids is 1. The van der Waals surface area contributed by atoms with Crippen molar-refractivity contribution in [3.63, 3.8) is 0 Å². The fourth-order valence-electron chi connectivity index (χ4n) is 1.44. The van der Waals surface area contributed by atoms with Gasteiger partial charge < -0.3 is 20.3 Å². The summed E-state index contributed by atoms with van der Waals surface area (Å²) in [7, 11) is 0. The molecular formula is C11H17N3O3. The summed E-state index contributed by atoms with van der Waals surface area (Å²) >= 11 is 0. The number of amides is 1. The summed E-state index contributed by atoms with van der Waals surface area (Å²) in [5, 5.41) is 11.3. The Hall–Kier alpha value is -1.98. The monoisotopic (exact) mass is 239 g/mol. The van der Waals surface area contributed by atoms with E-state index in [9.17, 15) is 4.79 Å². The quantitative estimate of drug-likeness (QED) is 0.349. The van der Waals surface area contributed by atoms with Crippen molar-refractivity contribution in [1.29, 1.82) is 0 Å². The normalized spacial score (nSPS) is 11.5. The van der Waals surface area contributed by atoms with Crippen LogP contribution in [0.15, 0.2) is 21.9 Å². The number of aryl methyl sites for hydroxylation is 1. The van der Waals surface area contributed by atoms with Crippen LogP contribution in [0.3, 0.4) is 0 Å². The maximum absolute atomic E-state index is 12.0. The van der Waals surface area contributed by atoms with Gasteiger partial charge in [-0.1, -0.05) is 5.16 Å². The zero-order valence-electron chi connectivity index (χ0n) is 10.0. The summed E-state index contributed by atoms with van der Waals surface area (Å²) in [4.78, 5) is 13.6. The zero-order valence-corrected chi connectivity index (χ0v) is 10.0. The minimum absolute atomic E-state index is 0.104. The fraction of sp³-hybridized carbons (Fsp3) is 0.455. The number of nitrogens with zero attached hydrogens (tertiary/aromatic N) is 2. The highest BCUT2D eigenvalue weighted by molar-refractivity contribution is 5.93. The van der Waals surface area contributed by atoms with Crippen LogP contribution in [0.5, 0.6) is 0 Å². The number of carbonyl (C=O) groups is 1. The molecule has 0 saturated heterocycles. The predicted molar refractivity (Wildman–Crippen MR) is 63.0 cm³/mol. The van der Waals surface area contributed by atoms with Gasteiger partial charge in [0.1, 0.15) is 5.84 Å². The molecule has 0 aliphatic carbocycles. The molecule has 0 spiro atoms. The first-order valence-corrected chi connectivity index (χ1v) is 5.39. The Balaban J connectivity index is 2.68. The van der Waals surface area contributed by atoms with Crippen LogP contribution in [0.25, 0.3) is 0 Å². The number of hydrogen-bond acceptors (Lipinski definition) is 4. The van der Waals surface area contributed by atoms with Crippen molar-refractivity contribution >= 4 is 11.7 Å². The van der Waals surface area contributed by atoms with Gasteiger partial charge in [0.2, 0.25) is 0 Å². The molecule has 0 saturated carbocycles. The van der Waals surface area contributed by atoms with Crippen LogP contribution in [-0.2, 0) is 0 Å². The van der Waals surface area contributed by atoms with Crippen LogP contribution in [0.2, 0.25) is 0 Å². The van der Waals surface area contributed by atoms with Crippen LogP contribution in [0, 0.1) is 6.92 Å². The van der Waals surface area contributed by atoms with Gasteiger partial charge in [-0.15, -0.1) is 0 Å². The number of rotatable bonds is 5. The molecule has 0 bridgehead atoms. The second-order valence-corrected chi connectivity index (χ2v) is 3.66. The first-order valence-electron chi connectivity index (χ1n) is 5.39. The molecule has 0 radical (unpaired) electrons. The Morgan fingerprint density at radius 3 is 2.82 bits per heavy atom. The largest absolute Gasteiger partial charge is 0.459 e. The van der Waals surface area contributed by atoms with Crippen molar-refractivity contribution in [2.45, 2.75) is 20.3 Å². The third-order valence-corrected chi connectivity index (χ3v) is 2.49. The summed E-state index contributed by atoms with van der Waals surface area (Å²) < 4.78 is 5.14. The van der Waals surface area contributed by atoms with Gasteiger partial charge in [0.25, 0.3) is 5.91 Å². The van der Waals surface area contributed by atoms with E-state index in [1.807, 2.05) is 13.8 Å². The molecule has 1 heterocycles. The predicted octanol–water partition coefficient (Wildman–Crippen LogP) is 1.19. The number of oxime groups is 1. The molecule has 17 heavy (non-hydrogen) atoms.